The molecule has 1 aromatic rings. The molecule has 1 heterocycles. The van der Waals surface area contributed by atoms with Gasteiger partial charge in [-0.15, -0.1) is 0 Å². The normalized spacial score (nSPS) is 20.8. The van der Waals surface area contributed by atoms with E-state index in [1.54, 1.807) is 18.2 Å². The fourth-order valence-corrected chi connectivity index (χ4v) is 2.56. The van der Waals surface area contributed by atoms with Crippen LogP contribution >= 0.6 is 0 Å². The highest BCUT2D eigenvalue weighted by Gasteiger charge is 2.40. The minimum Gasteiger partial charge on any atom is -0.493 e. The fraction of sp³-hybridized carbons (Fsp3) is 0.467. The zero-order valence-electron chi connectivity index (χ0n) is 12.7. The molecule has 0 aliphatic carbocycles. The Hall–Kier alpha value is -2.28. The highest BCUT2D eigenvalue weighted by atomic mass is 16.5. The molecule has 7 heteroatoms. The number of carbonyl (C=O) groups is 2. The van der Waals surface area contributed by atoms with Gasteiger partial charge in [0.2, 0.25) is 0 Å². The molecule has 0 bridgehead atoms. The summed E-state index contributed by atoms with van der Waals surface area (Å²) in [6, 6.07) is 3.86. The Morgan fingerprint density at radius 1 is 1.18 bits per heavy atom. The number of nitrogens with zero attached hydrogens (tertiary/aromatic N) is 1. The lowest BCUT2D eigenvalue weighted by molar-refractivity contribution is -0.141. The summed E-state index contributed by atoms with van der Waals surface area (Å²) in [6.45, 7) is 0.251. The van der Waals surface area contributed by atoms with Crippen LogP contribution in [0.4, 0.5) is 0 Å². The van der Waals surface area contributed by atoms with E-state index in [1.165, 1.54) is 26.2 Å². The number of rotatable bonds is 5. The Labute approximate surface area is 128 Å². The van der Waals surface area contributed by atoms with E-state index in [1.807, 2.05) is 0 Å². The van der Waals surface area contributed by atoms with Crippen LogP contribution in [0.15, 0.2) is 18.2 Å². The maximum atomic E-state index is 12.6. The summed E-state index contributed by atoms with van der Waals surface area (Å²) in [7, 11) is 4.49. The number of methoxy groups -OCH3 is 3. The molecule has 1 amide bonds. The van der Waals surface area contributed by atoms with E-state index in [-0.39, 0.29) is 25.0 Å². The van der Waals surface area contributed by atoms with Crippen LogP contribution < -0.4 is 9.47 Å². The maximum Gasteiger partial charge on any atom is 0.326 e. The Bertz CT molecular complexity index is 573. The topological polar surface area (TPSA) is 85.3 Å². The molecule has 1 aromatic carbocycles. The smallest absolute Gasteiger partial charge is 0.326 e. The van der Waals surface area contributed by atoms with Crippen molar-refractivity contribution in [3.8, 4) is 11.5 Å². The summed E-state index contributed by atoms with van der Waals surface area (Å²) >= 11 is 0. The first-order valence-corrected chi connectivity index (χ1v) is 6.80. The van der Waals surface area contributed by atoms with Gasteiger partial charge in [0.25, 0.3) is 5.91 Å². The van der Waals surface area contributed by atoms with Gasteiger partial charge in [0.1, 0.15) is 6.04 Å². The molecule has 120 valence electrons. The van der Waals surface area contributed by atoms with Crippen LogP contribution in [0.1, 0.15) is 16.8 Å². The van der Waals surface area contributed by atoms with Gasteiger partial charge in [0.05, 0.1) is 20.3 Å². The number of hydrogen-bond acceptors (Lipinski definition) is 5. The van der Waals surface area contributed by atoms with Crippen LogP contribution in [0.2, 0.25) is 0 Å². The third kappa shape index (κ3) is 2.99. The van der Waals surface area contributed by atoms with Crippen molar-refractivity contribution in [1.82, 2.24) is 4.90 Å². The molecular formula is C15H19NO6. The molecule has 1 fully saturated rings. The average Bonchev–Trinajstić information content (AvgIpc) is 2.98. The Morgan fingerprint density at radius 3 is 2.41 bits per heavy atom. The van der Waals surface area contributed by atoms with Crippen molar-refractivity contribution >= 4 is 11.9 Å². The predicted octanol–water partition coefficient (Wildman–Crippen LogP) is 1.02. The summed E-state index contributed by atoms with van der Waals surface area (Å²) in [5.74, 6) is -0.478. The number of carboxylic acids is 1. The first-order valence-electron chi connectivity index (χ1n) is 6.80. The molecule has 1 N–H and O–H groups in total. The second kappa shape index (κ2) is 6.65. The molecule has 0 spiro atoms. The number of benzene rings is 1. The van der Waals surface area contributed by atoms with Gasteiger partial charge in [-0.05, 0) is 18.2 Å². The summed E-state index contributed by atoms with van der Waals surface area (Å²) in [4.78, 5) is 25.3. The zero-order valence-corrected chi connectivity index (χ0v) is 12.7. The average molecular weight is 309 g/mol. The summed E-state index contributed by atoms with van der Waals surface area (Å²) in [6.07, 6.45) is 0.00963. The van der Waals surface area contributed by atoms with E-state index in [2.05, 4.69) is 0 Å². The minimum absolute atomic E-state index is 0.251. The van der Waals surface area contributed by atoms with Crippen molar-refractivity contribution in [2.24, 2.45) is 0 Å². The molecule has 1 saturated heterocycles. The van der Waals surface area contributed by atoms with Gasteiger partial charge >= 0.3 is 5.97 Å². The molecule has 0 radical (unpaired) electrons. The van der Waals surface area contributed by atoms with E-state index in [0.29, 0.717) is 17.1 Å². The number of aliphatic carboxylic acids is 1. The zero-order chi connectivity index (χ0) is 16.3. The van der Waals surface area contributed by atoms with E-state index in [9.17, 15) is 14.7 Å². The van der Waals surface area contributed by atoms with Crippen molar-refractivity contribution in [2.75, 3.05) is 27.9 Å². The number of hydrogen-bond donors (Lipinski definition) is 1. The van der Waals surface area contributed by atoms with Gasteiger partial charge in [0.15, 0.2) is 11.5 Å². The van der Waals surface area contributed by atoms with Crippen LogP contribution in [-0.4, -0.2) is 61.9 Å². The van der Waals surface area contributed by atoms with E-state index >= 15 is 0 Å². The summed E-state index contributed by atoms with van der Waals surface area (Å²) in [5, 5.41) is 9.28. The maximum absolute atomic E-state index is 12.6. The molecule has 2 rings (SSSR count). The SMILES string of the molecule is COc1ccc(C(=O)N2CC(OC)CC2C(=O)O)cc1OC. The molecule has 2 atom stereocenters. The number of ether oxygens (including phenoxy) is 3. The first-order chi connectivity index (χ1) is 10.5. The van der Waals surface area contributed by atoms with E-state index in [0.717, 1.165) is 0 Å². The van der Waals surface area contributed by atoms with Crippen molar-refractivity contribution in [3.05, 3.63) is 23.8 Å². The second-order valence-corrected chi connectivity index (χ2v) is 4.97. The molecular weight excluding hydrogens is 290 g/mol. The van der Waals surface area contributed by atoms with Crippen molar-refractivity contribution in [1.29, 1.82) is 0 Å². The third-order valence-corrected chi connectivity index (χ3v) is 3.77. The van der Waals surface area contributed by atoms with Crippen LogP contribution in [-0.2, 0) is 9.53 Å². The highest BCUT2D eigenvalue weighted by molar-refractivity contribution is 5.97. The second-order valence-electron chi connectivity index (χ2n) is 4.97. The van der Waals surface area contributed by atoms with Gasteiger partial charge in [-0.1, -0.05) is 0 Å². The van der Waals surface area contributed by atoms with Crippen LogP contribution in [0.3, 0.4) is 0 Å². The number of amides is 1. The summed E-state index contributed by atoms with van der Waals surface area (Å²) in [5.41, 5.74) is 0.348. The lowest BCUT2D eigenvalue weighted by Gasteiger charge is -2.21. The predicted molar refractivity (Wildman–Crippen MR) is 77.4 cm³/mol. The lowest BCUT2D eigenvalue weighted by Crippen LogP contribution is -2.40. The first kappa shape index (κ1) is 16.1. The molecule has 0 saturated carbocycles. The highest BCUT2D eigenvalue weighted by Crippen LogP contribution is 2.29. The quantitative estimate of drug-likeness (QED) is 0.874. The molecule has 22 heavy (non-hydrogen) atoms. The molecule has 1 aliphatic heterocycles. The standard InChI is InChI=1S/C15H19NO6/c1-20-10-7-11(15(18)19)16(8-10)14(17)9-4-5-12(21-2)13(6-9)22-3/h4-6,10-11H,7-8H2,1-3H3,(H,18,19). The van der Waals surface area contributed by atoms with Crippen LogP contribution in [0.25, 0.3) is 0 Å². The molecule has 7 nitrogen and oxygen atoms in total. The Balaban J connectivity index is 2.28. The van der Waals surface area contributed by atoms with Gasteiger partial charge in [0, 0.05) is 25.6 Å². The number of carboxylic acid groups (broad SMARTS) is 1. The van der Waals surface area contributed by atoms with Crippen molar-refractivity contribution in [2.45, 2.75) is 18.6 Å². The van der Waals surface area contributed by atoms with Gasteiger partial charge in [-0.2, -0.15) is 0 Å². The van der Waals surface area contributed by atoms with Gasteiger partial charge in [-0.3, -0.25) is 4.79 Å². The lowest BCUT2D eigenvalue weighted by atomic mass is 10.1. The monoisotopic (exact) mass is 309 g/mol. The molecule has 2 unspecified atom stereocenters. The van der Waals surface area contributed by atoms with Crippen LogP contribution in [0, 0.1) is 0 Å². The molecule has 1 aliphatic rings. The van der Waals surface area contributed by atoms with Crippen LogP contribution in [0.5, 0.6) is 11.5 Å². The Kier molecular flexibility index (Phi) is 4.87. The summed E-state index contributed by atoms with van der Waals surface area (Å²) < 4.78 is 15.5. The Morgan fingerprint density at radius 2 is 1.86 bits per heavy atom. The van der Waals surface area contributed by atoms with Gasteiger partial charge < -0.3 is 24.2 Å². The molecule has 0 aromatic heterocycles. The van der Waals surface area contributed by atoms with Gasteiger partial charge in [-0.25, -0.2) is 4.79 Å². The number of likely N-dealkylation sites (tertiary alicyclic amines) is 1. The van der Waals surface area contributed by atoms with Crippen molar-refractivity contribution < 1.29 is 28.9 Å². The van der Waals surface area contributed by atoms with Crippen molar-refractivity contribution in [3.63, 3.8) is 0 Å². The van der Waals surface area contributed by atoms with E-state index in [4.69, 9.17) is 14.2 Å². The van der Waals surface area contributed by atoms with E-state index < -0.39 is 12.0 Å². The minimum atomic E-state index is -1.03. The number of carbonyl (C=O) groups excluding carboxylic acids is 1. The largest absolute Gasteiger partial charge is 0.493 e. The fourth-order valence-electron chi connectivity index (χ4n) is 2.56. The third-order valence-electron chi connectivity index (χ3n) is 3.77.